The molecule has 0 saturated carbocycles. The van der Waals surface area contributed by atoms with Crippen molar-refractivity contribution in [2.45, 2.75) is 6.42 Å². The number of hydrogen-bond acceptors (Lipinski definition) is 3. The normalized spacial score (nSPS) is 9.73. The van der Waals surface area contributed by atoms with Gasteiger partial charge in [-0.05, 0) is 12.5 Å². The molecule has 82 valence electrons. The minimum atomic E-state index is -0.129. The number of methoxy groups -OCH3 is 1. The standard InChI is InChI=1S/C10H13BrN2O2/c1-15-9-7-12-6-3-8(9)10(14)13-5-2-4-11/h3,6-7H,2,4-5H2,1H3,(H,13,14). The van der Waals surface area contributed by atoms with Crippen LogP contribution in [0.2, 0.25) is 0 Å². The summed E-state index contributed by atoms with van der Waals surface area (Å²) in [6, 6.07) is 1.64. The molecule has 0 aliphatic rings. The maximum Gasteiger partial charge on any atom is 0.255 e. The van der Waals surface area contributed by atoms with Gasteiger partial charge in [0.2, 0.25) is 0 Å². The van der Waals surface area contributed by atoms with E-state index in [1.807, 2.05) is 0 Å². The maximum atomic E-state index is 11.7. The Morgan fingerprint density at radius 2 is 2.47 bits per heavy atom. The molecule has 1 aromatic heterocycles. The van der Waals surface area contributed by atoms with Crippen LogP contribution >= 0.6 is 15.9 Å². The van der Waals surface area contributed by atoms with Crippen LogP contribution in [0.3, 0.4) is 0 Å². The molecule has 0 spiro atoms. The van der Waals surface area contributed by atoms with Crippen LogP contribution in [0.15, 0.2) is 18.5 Å². The molecule has 15 heavy (non-hydrogen) atoms. The van der Waals surface area contributed by atoms with Crippen LogP contribution in [0.25, 0.3) is 0 Å². The molecule has 0 unspecified atom stereocenters. The van der Waals surface area contributed by atoms with Crippen LogP contribution in [0, 0.1) is 0 Å². The van der Waals surface area contributed by atoms with Gasteiger partial charge in [-0.3, -0.25) is 9.78 Å². The van der Waals surface area contributed by atoms with E-state index in [-0.39, 0.29) is 5.91 Å². The molecule has 1 amide bonds. The van der Waals surface area contributed by atoms with Crippen molar-refractivity contribution in [1.82, 2.24) is 10.3 Å². The van der Waals surface area contributed by atoms with Gasteiger partial charge in [-0.2, -0.15) is 0 Å². The molecule has 0 fully saturated rings. The molecule has 0 saturated heterocycles. The number of nitrogens with one attached hydrogen (secondary N) is 1. The van der Waals surface area contributed by atoms with Crippen molar-refractivity contribution in [2.75, 3.05) is 19.0 Å². The molecule has 1 rings (SSSR count). The average Bonchev–Trinajstić information content (AvgIpc) is 2.29. The monoisotopic (exact) mass is 272 g/mol. The van der Waals surface area contributed by atoms with Gasteiger partial charge in [0.1, 0.15) is 5.75 Å². The van der Waals surface area contributed by atoms with E-state index in [9.17, 15) is 4.79 Å². The first-order valence-corrected chi connectivity index (χ1v) is 5.74. The predicted molar refractivity (Wildman–Crippen MR) is 61.5 cm³/mol. The lowest BCUT2D eigenvalue weighted by atomic mass is 10.2. The van der Waals surface area contributed by atoms with E-state index in [0.29, 0.717) is 17.9 Å². The Kier molecular flexibility index (Phi) is 5.10. The van der Waals surface area contributed by atoms with E-state index in [0.717, 1.165) is 11.8 Å². The molecule has 5 heteroatoms. The fourth-order valence-electron chi connectivity index (χ4n) is 1.09. The number of hydrogen-bond donors (Lipinski definition) is 1. The second-order valence-corrected chi connectivity index (χ2v) is 3.67. The lowest BCUT2D eigenvalue weighted by Gasteiger charge is -2.07. The Morgan fingerprint density at radius 3 is 3.13 bits per heavy atom. The molecule has 0 bridgehead atoms. The topological polar surface area (TPSA) is 51.2 Å². The summed E-state index contributed by atoms with van der Waals surface area (Å²) in [5, 5.41) is 3.67. The highest BCUT2D eigenvalue weighted by Gasteiger charge is 2.10. The predicted octanol–water partition coefficient (Wildman–Crippen LogP) is 1.60. The van der Waals surface area contributed by atoms with Crippen molar-refractivity contribution in [1.29, 1.82) is 0 Å². The maximum absolute atomic E-state index is 11.7. The van der Waals surface area contributed by atoms with E-state index >= 15 is 0 Å². The Bertz CT molecular complexity index is 331. The van der Waals surface area contributed by atoms with Gasteiger partial charge in [0.25, 0.3) is 5.91 Å². The molecule has 0 aromatic carbocycles. The zero-order valence-electron chi connectivity index (χ0n) is 8.50. The number of nitrogens with zero attached hydrogens (tertiary/aromatic N) is 1. The molecule has 0 aliphatic heterocycles. The van der Waals surface area contributed by atoms with Gasteiger partial charge < -0.3 is 10.1 Å². The quantitative estimate of drug-likeness (QED) is 0.655. The minimum absolute atomic E-state index is 0.129. The van der Waals surface area contributed by atoms with Gasteiger partial charge in [-0.25, -0.2) is 0 Å². The van der Waals surface area contributed by atoms with Crippen molar-refractivity contribution in [3.8, 4) is 5.75 Å². The number of carbonyl (C=O) groups excluding carboxylic acids is 1. The highest BCUT2D eigenvalue weighted by Crippen LogP contribution is 2.14. The van der Waals surface area contributed by atoms with Crippen molar-refractivity contribution < 1.29 is 9.53 Å². The van der Waals surface area contributed by atoms with Crippen LogP contribution in [-0.4, -0.2) is 29.9 Å². The Balaban J connectivity index is 2.64. The molecule has 0 aliphatic carbocycles. The Labute approximate surface area is 97.2 Å². The van der Waals surface area contributed by atoms with E-state index in [2.05, 4.69) is 26.2 Å². The second kappa shape index (κ2) is 6.40. The highest BCUT2D eigenvalue weighted by molar-refractivity contribution is 9.09. The zero-order valence-corrected chi connectivity index (χ0v) is 10.1. The number of rotatable bonds is 5. The molecular weight excluding hydrogens is 260 g/mol. The van der Waals surface area contributed by atoms with E-state index in [1.54, 1.807) is 12.3 Å². The highest BCUT2D eigenvalue weighted by atomic mass is 79.9. The van der Waals surface area contributed by atoms with Gasteiger partial charge in [0.05, 0.1) is 18.9 Å². The number of alkyl halides is 1. The summed E-state index contributed by atoms with van der Waals surface area (Å²) in [6.45, 7) is 0.648. The number of aromatic nitrogens is 1. The van der Waals surface area contributed by atoms with Crippen LogP contribution in [0.1, 0.15) is 16.8 Å². The fourth-order valence-corrected chi connectivity index (χ4v) is 1.37. The average molecular weight is 273 g/mol. The van der Waals surface area contributed by atoms with Crippen molar-refractivity contribution in [3.05, 3.63) is 24.0 Å². The van der Waals surface area contributed by atoms with Gasteiger partial charge >= 0.3 is 0 Å². The lowest BCUT2D eigenvalue weighted by molar-refractivity contribution is 0.0950. The third kappa shape index (κ3) is 3.51. The number of amides is 1. The SMILES string of the molecule is COc1cnccc1C(=O)NCCCBr. The summed E-state index contributed by atoms with van der Waals surface area (Å²) in [4.78, 5) is 15.5. The number of ether oxygens (including phenoxy) is 1. The first-order chi connectivity index (χ1) is 7.29. The summed E-state index contributed by atoms with van der Waals surface area (Å²) in [6.07, 6.45) is 4.00. The largest absolute Gasteiger partial charge is 0.494 e. The molecule has 1 heterocycles. The van der Waals surface area contributed by atoms with Crippen LogP contribution in [-0.2, 0) is 0 Å². The zero-order chi connectivity index (χ0) is 11.1. The van der Waals surface area contributed by atoms with Crippen molar-refractivity contribution in [3.63, 3.8) is 0 Å². The molecule has 4 nitrogen and oxygen atoms in total. The second-order valence-electron chi connectivity index (χ2n) is 2.87. The number of carbonyl (C=O) groups is 1. The Morgan fingerprint density at radius 1 is 1.67 bits per heavy atom. The molecule has 1 N–H and O–H groups in total. The molecule has 0 radical (unpaired) electrons. The third-order valence-corrected chi connectivity index (χ3v) is 2.41. The molecule has 1 aromatic rings. The molecular formula is C10H13BrN2O2. The molecule has 0 atom stereocenters. The lowest BCUT2D eigenvalue weighted by Crippen LogP contribution is -2.25. The van der Waals surface area contributed by atoms with Gasteiger partial charge in [-0.15, -0.1) is 0 Å². The summed E-state index contributed by atoms with van der Waals surface area (Å²) >= 11 is 3.30. The van der Waals surface area contributed by atoms with Crippen molar-refractivity contribution in [2.24, 2.45) is 0 Å². The first-order valence-electron chi connectivity index (χ1n) is 4.61. The number of pyridine rings is 1. The summed E-state index contributed by atoms with van der Waals surface area (Å²) in [5.74, 6) is 0.365. The summed E-state index contributed by atoms with van der Waals surface area (Å²) in [7, 11) is 1.52. The third-order valence-electron chi connectivity index (χ3n) is 1.85. The van der Waals surface area contributed by atoms with Crippen LogP contribution in [0.5, 0.6) is 5.75 Å². The fraction of sp³-hybridized carbons (Fsp3) is 0.400. The van der Waals surface area contributed by atoms with Crippen LogP contribution < -0.4 is 10.1 Å². The number of halogens is 1. The van der Waals surface area contributed by atoms with Gasteiger partial charge in [-0.1, -0.05) is 15.9 Å². The van der Waals surface area contributed by atoms with Crippen molar-refractivity contribution >= 4 is 21.8 Å². The minimum Gasteiger partial charge on any atom is -0.494 e. The van der Waals surface area contributed by atoms with E-state index < -0.39 is 0 Å². The smallest absolute Gasteiger partial charge is 0.255 e. The van der Waals surface area contributed by atoms with E-state index in [4.69, 9.17) is 4.74 Å². The van der Waals surface area contributed by atoms with Gasteiger partial charge in [0.15, 0.2) is 0 Å². The summed E-state index contributed by atoms with van der Waals surface area (Å²) < 4.78 is 5.04. The van der Waals surface area contributed by atoms with Crippen LogP contribution in [0.4, 0.5) is 0 Å². The van der Waals surface area contributed by atoms with Gasteiger partial charge in [0, 0.05) is 18.1 Å². The van der Waals surface area contributed by atoms with E-state index in [1.165, 1.54) is 13.3 Å². The Hall–Kier alpha value is -1.10. The first kappa shape index (κ1) is 12.0. The summed E-state index contributed by atoms with van der Waals surface area (Å²) in [5.41, 5.74) is 0.516.